The van der Waals surface area contributed by atoms with Crippen LogP contribution in [0.5, 0.6) is 5.75 Å². The number of halogens is 3. The van der Waals surface area contributed by atoms with Gasteiger partial charge in [0.15, 0.2) is 5.78 Å². The van der Waals surface area contributed by atoms with Crippen LogP contribution in [-0.4, -0.2) is 12.9 Å². The molecule has 2 aromatic rings. The van der Waals surface area contributed by atoms with E-state index in [1.54, 1.807) is 12.1 Å². The first-order chi connectivity index (χ1) is 9.04. The summed E-state index contributed by atoms with van der Waals surface area (Å²) in [6.07, 6.45) is 0. The van der Waals surface area contributed by atoms with Crippen LogP contribution in [0.1, 0.15) is 15.9 Å². The molecule has 0 amide bonds. The van der Waals surface area contributed by atoms with Crippen molar-refractivity contribution in [3.8, 4) is 5.75 Å². The van der Waals surface area contributed by atoms with Gasteiger partial charge in [-0.05, 0) is 30.3 Å². The topological polar surface area (TPSA) is 26.3 Å². The molecule has 0 aromatic heterocycles. The van der Waals surface area contributed by atoms with Crippen molar-refractivity contribution in [2.75, 3.05) is 7.11 Å². The van der Waals surface area contributed by atoms with E-state index >= 15 is 0 Å². The highest BCUT2D eigenvalue weighted by Crippen LogP contribution is 2.28. The number of carbonyl (C=O) groups excluding carboxylic acids is 1. The maximum absolute atomic E-state index is 13.4. The SMILES string of the molecule is COc1ccc(Cl)cc1C(=O)c1cccc(F)c1Cl. The first-order valence-corrected chi connectivity index (χ1v) is 6.12. The highest BCUT2D eigenvalue weighted by molar-refractivity contribution is 6.35. The van der Waals surface area contributed by atoms with Gasteiger partial charge in [-0.1, -0.05) is 29.3 Å². The van der Waals surface area contributed by atoms with Gasteiger partial charge in [0.1, 0.15) is 11.6 Å². The Bertz CT molecular complexity index is 641. The van der Waals surface area contributed by atoms with Gasteiger partial charge in [-0.25, -0.2) is 4.39 Å². The Morgan fingerprint density at radius 2 is 1.89 bits per heavy atom. The summed E-state index contributed by atoms with van der Waals surface area (Å²) in [5, 5.41) is 0.172. The van der Waals surface area contributed by atoms with Gasteiger partial charge >= 0.3 is 0 Å². The van der Waals surface area contributed by atoms with Gasteiger partial charge < -0.3 is 4.74 Å². The lowest BCUT2D eigenvalue weighted by Gasteiger charge is -2.09. The van der Waals surface area contributed by atoms with Crippen LogP contribution in [0.25, 0.3) is 0 Å². The minimum Gasteiger partial charge on any atom is -0.496 e. The molecule has 0 saturated carbocycles. The van der Waals surface area contributed by atoms with Crippen molar-refractivity contribution in [1.82, 2.24) is 0 Å². The minimum absolute atomic E-state index is 0.0715. The fraction of sp³-hybridized carbons (Fsp3) is 0.0714. The number of methoxy groups -OCH3 is 1. The third-order valence-electron chi connectivity index (χ3n) is 2.60. The first kappa shape index (κ1) is 13.8. The highest BCUT2D eigenvalue weighted by atomic mass is 35.5. The molecule has 0 spiro atoms. The van der Waals surface area contributed by atoms with Gasteiger partial charge in [-0.15, -0.1) is 0 Å². The molecule has 2 nitrogen and oxygen atoms in total. The van der Waals surface area contributed by atoms with Crippen LogP contribution in [0.4, 0.5) is 4.39 Å². The first-order valence-electron chi connectivity index (χ1n) is 5.37. The Hall–Kier alpha value is -1.58. The lowest BCUT2D eigenvalue weighted by molar-refractivity contribution is 0.103. The molecule has 0 bridgehead atoms. The summed E-state index contributed by atoms with van der Waals surface area (Å²) >= 11 is 11.7. The predicted molar refractivity (Wildman–Crippen MR) is 72.8 cm³/mol. The van der Waals surface area contributed by atoms with E-state index in [0.717, 1.165) is 0 Å². The molecule has 2 rings (SSSR count). The van der Waals surface area contributed by atoms with E-state index in [2.05, 4.69) is 0 Å². The van der Waals surface area contributed by atoms with Gasteiger partial charge in [0.05, 0.1) is 17.7 Å². The molecule has 0 radical (unpaired) electrons. The third-order valence-corrected chi connectivity index (χ3v) is 3.22. The Balaban J connectivity index is 2.56. The number of hydrogen-bond donors (Lipinski definition) is 0. The van der Waals surface area contributed by atoms with E-state index in [0.29, 0.717) is 10.8 Å². The molecule has 0 unspecified atom stereocenters. The van der Waals surface area contributed by atoms with Gasteiger partial charge in [0.2, 0.25) is 0 Å². The zero-order valence-electron chi connectivity index (χ0n) is 9.91. The number of rotatable bonds is 3. The summed E-state index contributed by atoms with van der Waals surface area (Å²) in [5.74, 6) is -0.730. The Kier molecular flexibility index (Phi) is 4.08. The van der Waals surface area contributed by atoms with Crippen LogP contribution >= 0.6 is 23.2 Å². The number of ketones is 1. The van der Waals surface area contributed by atoms with Crippen LogP contribution < -0.4 is 4.74 Å². The molecule has 5 heteroatoms. The zero-order valence-corrected chi connectivity index (χ0v) is 11.4. The average molecular weight is 299 g/mol. The van der Waals surface area contributed by atoms with Crippen LogP contribution in [-0.2, 0) is 0 Å². The predicted octanol–water partition coefficient (Wildman–Crippen LogP) is 4.37. The summed E-state index contributed by atoms with van der Waals surface area (Å²) in [5.41, 5.74) is 0.310. The number of carbonyl (C=O) groups is 1. The average Bonchev–Trinajstić information content (AvgIpc) is 2.41. The summed E-state index contributed by atoms with van der Waals surface area (Å²) in [4.78, 5) is 12.4. The fourth-order valence-corrected chi connectivity index (χ4v) is 2.07. The van der Waals surface area contributed by atoms with Crippen molar-refractivity contribution >= 4 is 29.0 Å². The molecule has 98 valence electrons. The van der Waals surface area contributed by atoms with E-state index in [-0.39, 0.29) is 16.1 Å². The Morgan fingerprint density at radius 1 is 1.16 bits per heavy atom. The Labute approximate surface area is 119 Å². The third kappa shape index (κ3) is 2.72. The van der Waals surface area contributed by atoms with Crippen LogP contribution in [0.15, 0.2) is 36.4 Å². The normalized spacial score (nSPS) is 10.3. The number of ether oxygens (including phenoxy) is 1. The summed E-state index contributed by atoms with van der Waals surface area (Å²) < 4.78 is 18.5. The van der Waals surface area contributed by atoms with Gasteiger partial charge in [-0.2, -0.15) is 0 Å². The summed E-state index contributed by atoms with van der Waals surface area (Å²) in [7, 11) is 1.44. The molecular weight excluding hydrogens is 290 g/mol. The van der Waals surface area contributed by atoms with Crippen molar-refractivity contribution in [3.63, 3.8) is 0 Å². The second kappa shape index (κ2) is 5.59. The van der Waals surface area contributed by atoms with Crippen molar-refractivity contribution in [2.45, 2.75) is 0 Å². The molecule has 0 saturated heterocycles. The maximum Gasteiger partial charge on any atom is 0.198 e. The largest absolute Gasteiger partial charge is 0.496 e. The van der Waals surface area contributed by atoms with E-state index in [1.807, 2.05) is 0 Å². The molecular formula is C14H9Cl2FO2. The molecule has 0 aliphatic carbocycles. The van der Waals surface area contributed by atoms with Gasteiger partial charge in [0.25, 0.3) is 0 Å². The van der Waals surface area contributed by atoms with Crippen molar-refractivity contribution in [1.29, 1.82) is 0 Å². The summed E-state index contributed by atoms with van der Waals surface area (Å²) in [6.45, 7) is 0. The van der Waals surface area contributed by atoms with Crippen LogP contribution in [0.3, 0.4) is 0 Å². The zero-order chi connectivity index (χ0) is 14.0. The second-order valence-corrected chi connectivity index (χ2v) is 4.59. The van der Waals surface area contributed by atoms with Gasteiger partial charge in [-0.3, -0.25) is 4.79 Å². The van der Waals surface area contributed by atoms with E-state index in [1.165, 1.54) is 31.4 Å². The van der Waals surface area contributed by atoms with Crippen LogP contribution in [0.2, 0.25) is 10.0 Å². The quantitative estimate of drug-likeness (QED) is 0.787. The number of benzene rings is 2. The van der Waals surface area contributed by atoms with E-state index in [9.17, 15) is 9.18 Å². The molecule has 19 heavy (non-hydrogen) atoms. The molecule has 0 N–H and O–H groups in total. The minimum atomic E-state index is -0.645. The molecule has 2 aromatic carbocycles. The van der Waals surface area contributed by atoms with Crippen molar-refractivity contribution in [2.24, 2.45) is 0 Å². The molecule has 0 aliphatic rings. The monoisotopic (exact) mass is 298 g/mol. The molecule has 0 fully saturated rings. The highest BCUT2D eigenvalue weighted by Gasteiger charge is 2.19. The molecule has 0 heterocycles. The lowest BCUT2D eigenvalue weighted by Crippen LogP contribution is -2.05. The lowest BCUT2D eigenvalue weighted by atomic mass is 10.0. The van der Waals surface area contributed by atoms with Crippen molar-refractivity contribution in [3.05, 3.63) is 63.4 Å². The standard InChI is InChI=1S/C14H9Cl2FO2/c1-19-12-6-5-8(15)7-10(12)14(18)9-3-2-4-11(17)13(9)16/h2-7H,1H3. The maximum atomic E-state index is 13.4. The Morgan fingerprint density at radius 3 is 2.58 bits per heavy atom. The molecule has 0 aliphatic heterocycles. The smallest absolute Gasteiger partial charge is 0.198 e. The second-order valence-electron chi connectivity index (χ2n) is 3.78. The van der Waals surface area contributed by atoms with E-state index < -0.39 is 11.6 Å². The van der Waals surface area contributed by atoms with Gasteiger partial charge in [0, 0.05) is 10.6 Å². The van der Waals surface area contributed by atoms with Crippen LogP contribution in [0, 0.1) is 5.82 Å². The van der Waals surface area contributed by atoms with Crippen molar-refractivity contribution < 1.29 is 13.9 Å². The van der Waals surface area contributed by atoms with E-state index in [4.69, 9.17) is 27.9 Å². The number of hydrogen-bond acceptors (Lipinski definition) is 2. The molecule has 0 atom stereocenters. The fourth-order valence-electron chi connectivity index (χ4n) is 1.68. The summed E-state index contributed by atoms with van der Waals surface area (Å²) in [6, 6.07) is 8.70.